The molecule has 0 N–H and O–H groups in total. The molecule has 2 nitrogen and oxygen atoms in total. The third-order valence-corrected chi connectivity index (χ3v) is 11.3. The second-order valence-electron chi connectivity index (χ2n) is 14.1. The molecule has 9 aromatic rings. The highest BCUT2D eigenvalue weighted by Gasteiger charge is 2.52. The molecule has 1 spiro atoms. The van der Waals surface area contributed by atoms with E-state index in [2.05, 4.69) is 188 Å². The summed E-state index contributed by atoms with van der Waals surface area (Å²) in [6, 6.07) is 70.2. The zero-order chi connectivity index (χ0) is 34.9. The third-order valence-electron chi connectivity index (χ3n) is 11.3. The maximum atomic E-state index is 5.36. The molecule has 1 unspecified atom stereocenters. The molecular formula is C51H32N2. The first kappa shape index (κ1) is 29.8. The topological polar surface area (TPSA) is 25.8 Å². The Balaban J connectivity index is 1.19. The van der Waals surface area contributed by atoms with Crippen LogP contribution in [0.2, 0.25) is 0 Å². The molecule has 2 aliphatic carbocycles. The summed E-state index contributed by atoms with van der Waals surface area (Å²) in [5, 5.41) is 2.52. The molecule has 0 fully saturated rings. The lowest BCUT2D eigenvalue weighted by molar-refractivity contribution is 0.795. The van der Waals surface area contributed by atoms with Crippen molar-refractivity contribution in [3.63, 3.8) is 0 Å². The average Bonchev–Trinajstić information content (AvgIpc) is 3.70. The van der Waals surface area contributed by atoms with Crippen molar-refractivity contribution in [2.24, 2.45) is 0 Å². The second kappa shape index (κ2) is 11.6. The fourth-order valence-electron chi connectivity index (χ4n) is 9.02. The molecule has 0 radical (unpaired) electrons. The van der Waals surface area contributed by atoms with E-state index in [1.54, 1.807) is 0 Å². The molecule has 8 aromatic carbocycles. The first-order valence-electron chi connectivity index (χ1n) is 18.2. The number of nitrogens with zero attached hydrogens (tertiary/aromatic N) is 2. The van der Waals surface area contributed by atoms with Gasteiger partial charge in [-0.1, -0.05) is 170 Å². The summed E-state index contributed by atoms with van der Waals surface area (Å²) in [7, 11) is 0. The van der Waals surface area contributed by atoms with Crippen LogP contribution in [0.3, 0.4) is 0 Å². The Morgan fingerprint density at radius 3 is 1.64 bits per heavy atom. The van der Waals surface area contributed by atoms with Crippen LogP contribution >= 0.6 is 0 Å². The van der Waals surface area contributed by atoms with Crippen LogP contribution in [-0.4, -0.2) is 9.97 Å². The molecule has 0 aliphatic heterocycles. The van der Waals surface area contributed by atoms with Crippen LogP contribution in [0, 0.1) is 0 Å². The molecule has 2 aliphatic rings. The van der Waals surface area contributed by atoms with Gasteiger partial charge in [0.05, 0.1) is 16.8 Å². The van der Waals surface area contributed by atoms with E-state index in [4.69, 9.17) is 9.97 Å². The molecule has 11 rings (SSSR count). The first-order chi connectivity index (χ1) is 26.3. The highest BCUT2D eigenvalue weighted by molar-refractivity contribution is 6.02. The fourth-order valence-corrected chi connectivity index (χ4v) is 9.02. The quantitative estimate of drug-likeness (QED) is 0.186. The van der Waals surface area contributed by atoms with Gasteiger partial charge in [0, 0.05) is 16.7 Å². The predicted molar refractivity (Wildman–Crippen MR) is 218 cm³/mol. The summed E-state index contributed by atoms with van der Waals surface area (Å²) in [6.07, 6.45) is 0. The van der Waals surface area contributed by atoms with E-state index in [9.17, 15) is 0 Å². The number of rotatable bonds is 4. The molecule has 2 heteroatoms. The van der Waals surface area contributed by atoms with Gasteiger partial charge < -0.3 is 0 Å². The summed E-state index contributed by atoms with van der Waals surface area (Å²) in [5.41, 5.74) is 17.2. The summed E-state index contributed by atoms with van der Waals surface area (Å²) >= 11 is 0. The number of hydrogen-bond donors (Lipinski definition) is 0. The molecule has 1 atom stereocenters. The monoisotopic (exact) mass is 672 g/mol. The number of fused-ring (bicyclic) bond motifs is 11. The number of aromatic nitrogens is 2. The fraction of sp³-hybridized carbons (Fsp3) is 0.0196. The highest BCUT2D eigenvalue weighted by Crippen LogP contribution is 2.64. The van der Waals surface area contributed by atoms with Crippen molar-refractivity contribution >= 4 is 10.8 Å². The largest absolute Gasteiger partial charge is 0.228 e. The van der Waals surface area contributed by atoms with Crippen LogP contribution in [0.4, 0.5) is 0 Å². The van der Waals surface area contributed by atoms with Gasteiger partial charge in [0.15, 0.2) is 5.82 Å². The zero-order valence-corrected chi connectivity index (χ0v) is 28.9. The van der Waals surface area contributed by atoms with Crippen molar-refractivity contribution < 1.29 is 0 Å². The van der Waals surface area contributed by atoms with Crippen LogP contribution in [0.5, 0.6) is 0 Å². The number of hydrogen-bond acceptors (Lipinski definition) is 2. The van der Waals surface area contributed by atoms with Gasteiger partial charge in [-0.15, -0.1) is 0 Å². The summed E-state index contributed by atoms with van der Waals surface area (Å²) in [5.74, 6) is 0.713. The van der Waals surface area contributed by atoms with Gasteiger partial charge >= 0.3 is 0 Å². The Morgan fingerprint density at radius 1 is 0.302 bits per heavy atom. The van der Waals surface area contributed by atoms with Crippen LogP contribution in [0.1, 0.15) is 22.3 Å². The molecule has 0 saturated heterocycles. The number of benzene rings is 8. The maximum Gasteiger partial charge on any atom is 0.160 e. The van der Waals surface area contributed by atoms with Gasteiger partial charge in [0.25, 0.3) is 0 Å². The summed E-state index contributed by atoms with van der Waals surface area (Å²) < 4.78 is 0. The molecular weight excluding hydrogens is 641 g/mol. The van der Waals surface area contributed by atoms with E-state index in [1.807, 2.05) is 6.07 Å². The normalized spacial score (nSPS) is 14.9. The highest BCUT2D eigenvalue weighted by atomic mass is 14.9. The van der Waals surface area contributed by atoms with Gasteiger partial charge in [-0.2, -0.15) is 0 Å². The second-order valence-corrected chi connectivity index (χ2v) is 14.1. The van der Waals surface area contributed by atoms with Crippen LogP contribution < -0.4 is 0 Å². The molecule has 0 bridgehead atoms. The lowest BCUT2D eigenvalue weighted by atomic mass is 9.70. The molecule has 1 heterocycles. The Morgan fingerprint density at radius 2 is 0.849 bits per heavy atom. The van der Waals surface area contributed by atoms with E-state index >= 15 is 0 Å². The smallest absolute Gasteiger partial charge is 0.160 e. The predicted octanol–water partition coefficient (Wildman–Crippen LogP) is 12.6. The Kier molecular flexibility index (Phi) is 6.50. The van der Waals surface area contributed by atoms with E-state index in [-0.39, 0.29) is 0 Å². The molecule has 0 amide bonds. The van der Waals surface area contributed by atoms with Crippen LogP contribution in [0.25, 0.3) is 78.1 Å². The average molecular weight is 673 g/mol. The minimum atomic E-state index is -0.458. The van der Waals surface area contributed by atoms with Crippen LogP contribution in [0.15, 0.2) is 194 Å². The minimum Gasteiger partial charge on any atom is -0.228 e. The van der Waals surface area contributed by atoms with Crippen LogP contribution in [-0.2, 0) is 5.41 Å². The van der Waals surface area contributed by atoms with Gasteiger partial charge in [-0.05, 0) is 90.7 Å². The zero-order valence-electron chi connectivity index (χ0n) is 28.9. The molecule has 1 aromatic heterocycles. The Bertz CT molecular complexity index is 2890. The molecule has 53 heavy (non-hydrogen) atoms. The molecule has 0 saturated carbocycles. The Hall–Kier alpha value is -6.90. The third kappa shape index (κ3) is 4.39. The van der Waals surface area contributed by atoms with Crippen molar-refractivity contribution in [3.05, 3.63) is 216 Å². The summed E-state index contributed by atoms with van der Waals surface area (Å²) in [4.78, 5) is 10.6. The van der Waals surface area contributed by atoms with E-state index in [0.29, 0.717) is 5.82 Å². The van der Waals surface area contributed by atoms with E-state index in [1.165, 1.54) is 60.8 Å². The van der Waals surface area contributed by atoms with Gasteiger partial charge in [0.2, 0.25) is 0 Å². The lowest BCUT2D eigenvalue weighted by Crippen LogP contribution is -2.25. The van der Waals surface area contributed by atoms with Crippen molar-refractivity contribution in [3.8, 4) is 67.3 Å². The van der Waals surface area contributed by atoms with Crippen molar-refractivity contribution in [2.75, 3.05) is 0 Å². The van der Waals surface area contributed by atoms with E-state index < -0.39 is 5.41 Å². The van der Waals surface area contributed by atoms with Gasteiger partial charge in [-0.25, -0.2) is 9.97 Å². The molecule has 246 valence electrons. The van der Waals surface area contributed by atoms with E-state index in [0.717, 1.165) is 33.6 Å². The van der Waals surface area contributed by atoms with Gasteiger partial charge in [0.1, 0.15) is 0 Å². The first-order valence-corrected chi connectivity index (χ1v) is 18.2. The van der Waals surface area contributed by atoms with Gasteiger partial charge in [-0.3, -0.25) is 0 Å². The Labute approximate surface area is 308 Å². The SMILES string of the molecule is c1ccc(-c2cccc(-c3cc(-c4cccc5c4-c4ccccc4C54c5ccccc5-c5cc6ccccc6cc54)nc(-c4ccccc4)n3)c2)cc1. The maximum absolute atomic E-state index is 5.36. The lowest BCUT2D eigenvalue weighted by Gasteiger charge is -2.30. The van der Waals surface area contributed by atoms with Crippen molar-refractivity contribution in [1.82, 2.24) is 9.97 Å². The standard InChI is InChI=1S/C51H32N2/c1-3-15-33(16-4-1)35-21-13-22-38(29-35)47-32-48(53-50(52-47)34-17-5-2-6-18-34)41-25-14-28-45-49(41)40-24-10-12-27-44(40)51(45)43-26-11-9-23-39(43)42-30-36-19-7-8-20-37(36)31-46(42)51/h1-32H. The van der Waals surface area contributed by atoms with Crippen molar-refractivity contribution in [2.45, 2.75) is 5.41 Å². The summed E-state index contributed by atoms with van der Waals surface area (Å²) in [6.45, 7) is 0. The van der Waals surface area contributed by atoms with Crippen molar-refractivity contribution in [1.29, 1.82) is 0 Å². The minimum absolute atomic E-state index is 0.458.